The highest BCUT2D eigenvalue weighted by Crippen LogP contribution is 2.38. The van der Waals surface area contributed by atoms with Crippen molar-refractivity contribution < 1.29 is 13.9 Å². The third kappa shape index (κ3) is 4.37. The molecule has 0 aromatic carbocycles. The molecular weight excluding hydrogens is 262 g/mol. The molecule has 1 aliphatic carbocycles. The van der Waals surface area contributed by atoms with Gasteiger partial charge < -0.3 is 10.4 Å². The Bertz CT molecular complexity index is 298. The first-order valence-corrected chi connectivity index (χ1v) is 7.94. The number of hydrogen-bond acceptors (Lipinski definition) is 3. The van der Waals surface area contributed by atoms with Crippen molar-refractivity contribution in [3.63, 3.8) is 0 Å². The second-order valence-electron chi connectivity index (χ2n) is 6.50. The van der Waals surface area contributed by atoms with Gasteiger partial charge in [-0.2, -0.15) is 0 Å². The van der Waals surface area contributed by atoms with E-state index in [2.05, 4.69) is 17.1 Å². The predicted molar refractivity (Wildman–Crippen MR) is 76.0 cm³/mol. The third-order valence-electron chi connectivity index (χ3n) is 4.81. The number of nitrogens with zero attached hydrogens (tertiary/aromatic N) is 1. The van der Waals surface area contributed by atoms with Crippen molar-refractivity contribution in [1.29, 1.82) is 0 Å². The molecule has 1 heterocycles. The number of piperidine rings is 1. The molecule has 5 heteroatoms. The quantitative estimate of drug-likeness (QED) is 0.754. The second-order valence-corrected chi connectivity index (χ2v) is 6.50. The molecule has 0 amide bonds. The van der Waals surface area contributed by atoms with Gasteiger partial charge in [0.1, 0.15) is 0 Å². The van der Waals surface area contributed by atoms with Gasteiger partial charge in [0.25, 0.3) is 6.43 Å². The fourth-order valence-corrected chi connectivity index (χ4v) is 3.57. The first-order valence-electron chi connectivity index (χ1n) is 7.94. The number of halogens is 2. The minimum atomic E-state index is -2.30. The lowest BCUT2D eigenvalue weighted by atomic mass is 9.88. The maximum absolute atomic E-state index is 12.4. The number of rotatable bonds is 7. The first-order chi connectivity index (χ1) is 9.51. The monoisotopic (exact) mass is 290 g/mol. The molecule has 0 bridgehead atoms. The molecule has 2 rings (SSSR count). The van der Waals surface area contributed by atoms with Crippen LogP contribution in [0.2, 0.25) is 0 Å². The maximum Gasteiger partial charge on any atom is 0.250 e. The third-order valence-corrected chi connectivity index (χ3v) is 4.81. The summed E-state index contributed by atoms with van der Waals surface area (Å²) in [5.74, 6) is 0.968. The lowest BCUT2D eigenvalue weighted by Gasteiger charge is -2.43. The summed E-state index contributed by atoms with van der Waals surface area (Å²) < 4.78 is 24.8. The van der Waals surface area contributed by atoms with E-state index in [-0.39, 0.29) is 24.6 Å². The van der Waals surface area contributed by atoms with Gasteiger partial charge in [0.2, 0.25) is 0 Å². The van der Waals surface area contributed by atoms with Crippen LogP contribution in [0.4, 0.5) is 8.78 Å². The second kappa shape index (κ2) is 7.14. The maximum atomic E-state index is 12.4. The van der Waals surface area contributed by atoms with Crippen LogP contribution in [0.1, 0.15) is 39.5 Å². The molecule has 2 fully saturated rings. The van der Waals surface area contributed by atoms with Crippen molar-refractivity contribution in [2.45, 2.75) is 64.1 Å². The van der Waals surface area contributed by atoms with Crippen LogP contribution in [-0.4, -0.2) is 54.3 Å². The molecule has 118 valence electrons. The first kappa shape index (κ1) is 16.1. The fourth-order valence-electron chi connectivity index (χ4n) is 3.57. The van der Waals surface area contributed by atoms with Crippen molar-refractivity contribution in [2.75, 3.05) is 19.6 Å². The average Bonchev–Trinajstić information content (AvgIpc) is 3.21. The Kier molecular flexibility index (Phi) is 5.75. The number of hydrogen-bond donors (Lipinski definition) is 2. The van der Waals surface area contributed by atoms with Gasteiger partial charge in [-0.15, -0.1) is 0 Å². The van der Waals surface area contributed by atoms with Crippen molar-refractivity contribution in [3.8, 4) is 0 Å². The molecule has 4 unspecified atom stereocenters. The minimum absolute atomic E-state index is 0.0742. The van der Waals surface area contributed by atoms with E-state index >= 15 is 0 Å². The van der Waals surface area contributed by atoms with E-state index in [9.17, 15) is 13.9 Å². The highest BCUT2D eigenvalue weighted by atomic mass is 19.3. The van der Waals surface area contributed by atoms with Crippen LogP contribution in [-0.2, 0) is 0 Å². The van der Waals surface area contributed by atoms with Crippen molar-refractivity contribution in [2.24, 2.45) is 11.8 Å². The van der Waals surface area contributed by atoms with Gasteiger partial charge in [-0.25, -0.2) is 8.78 Å². The lowest BCUT2D eigenvalue weighted by Crippen LogP contribution is -2.55. The summed E-state index contributed by atoms with van der Waals surface area (Å²) in [7, 11) is 0. The number of alkyl halides is 2. The molecular formula is C15H28F2N2O. The Hall–Kier alpha value is -0.260. The number of aliphatic hydroxyl groups is 1. The zero-order valence-corrected chi connectivity index (χ0v) is 12.6. The summed E-state index contributed by atoms with van der Waals surface area (Å²) >= 11 is 0. The molecule has 0 spiro atoms. The Morgan fingerprint density at radius 3 is 2.45 bits per heavy atom. The summed E-state index contributed by atoms with van der Waals surface area (Å²) in [4.78, 5) is 2.43. The van der Waals surface area contributed by atoms with Crippen molar-refractivity contribution >= 4 is 0 Å². The SMILES string of the molecule is CCC(C1CC1)N1CC(NCC(F)F)CC(C(C)O)C1. The van der Waals surface area contributed by atoms with Gasteiger partial charge in [-0.05, 0) is 44.4 Å². The molecule has 1 saturated carbocycles. The molecule has 0 aromatic heterocycles. The van der Waals surface area contributed by atoms with E-state index in [1.807, 2.05) is 6.92 Å². The zero-order chi connectivity index (χ0) is 14.7. The average molecular weight is 290 g/mol. The number of likely N-dealkylation sites (tertiary alicyclic amines) is 1. The van der Waals surface area contributed by atoms with Gasteiger partial charge in [-0.3, -0.25) is 4.90 Å². The van der Waals surface area contributed by atoms with Crippen LogP contribution in [0.15, 0.2) is 0 Å². The minimum Gasteiger partial charge on any atom is -0.393 e. The van der Waals surface area contributed by atoms with E-state index in [0.717, 1.165) is 31.8 Å². The molecule has 4 atom stereocenters. The van der Waals surface area contributed by atoms with Crippen LogP contribution in [0, 0.1) is 11.8 Å². The van der Waals surface area contributed by atoms with Gasteiger partial charge in [-0.1, -0.05) is 6.92 Å². The fraction of sp³-hybridized carbons (Fsp3) is 1.00. The van der Waals surface area contributed by atoms with E-state index in [0.29, 0.717) is 6.04 Å². The van der Waals surface area contributed by atoms with Gasteiger partial charge in [0, 0.05) is 25.2 Å². The van der Waals surface area contributed by atoms with E-state index in [1.54, 1.807) is 0 Å². The zero-order valence-electron chi connectivity index (χ0n) is 12.6. The van der Waals surface area contributed by atoms with E-state index < -0.39 is 6.43 Å². The summed E-state index contributed by atoms with van der Waals surface area (Å²) in [6.45, 7) is 5.52. The van der Waals surface area contributed by atoms with Crippen molar-refractivity contribution in [1.82, 2.24) is 10.2 Å². The molecule has 0 aromatic rings. The Morgan fingerprint density at radius 2 is 1.95 bits per heavy atom. The summed E-state index contributed by atoms with van der Waals surface area (Å²) in [6, 6.07) is 0.637. The summed E-state index contributed by atoms with van der Waals surface area (Å²) in [5, 5.41) is 12.9. The predicted octanol–water partition coefficient (Wildman–Crippen LogP) is 2.10. The topological polar surface area (TPSA) is 35.5 Å². The molecule has 0 radical (unpaired) electrons. The molecule has 2 aliphatic rings. The van der Waals surface area contributed by atoms with E-state index in [1.165, 1.54) is 12.8 Å². The van der Waals surface area contributed by atoms with Crippen LogP contribution in [0.5, 0.6) is 0 Å². The lowest BCUT2D eigenvalue weighted by molar-refractivity contribution is 0.0197. The summed E-state index contributed by atoms with van der Waals surface area (Å²) in [5.41, 5.74) is 0. The molecule has 1 saturated heterocycles. The molecule has 1 aliphatic heterocycles. The summed E-state index contributed by atoms with van der Waals surface area (Å²) in [6.07, 6.45) is 1.82. The Balaban J connectivity index is 1.96. The number of aliphatic hydroxyl groups excluding tert-OH is 1. The van der Waals surface area contributed by atoms with Gasteiger partial charge in [0.15, 0.2) is 0 Å². The standard InChI is InChI=1S/C15H28F2N2O/c1-3-14(11-4-5-11)19-8-12(10(2)20)6-13(9-19)18-7-15(16)17/h10-15,18,20H,3-9H2,1-2H3. The van der Waals surface area contributed by atoms with Crippen LogP contribution in [0.25, 0.3) is 0 Å². The molecule has 20 heavy (non-hydrogen) atoms. The van der Waals surface area contributed by atoms with Crippen LogP contribution >= 0.6 is 0 Å². The van der Waals surface area contributed by atoms with E-state index in [4.69, 9.17) is 0 Å². The largest absolute Gasteiger partial charge is 0.393 e. The van der Waals surface area contributed by atoms with Gasteiger partial charge in [0.05, 0.1) is 12.6 Å². The number of nitrogens with one attached hydrogen (secondary N) is 1. The van der Waals surface area contributed by atoms with Crippen LogP contribution < -0.4 is 5.32 Å². The Labute approximate surface area is 120 Å². The smallest absolute Gasteiger partial charge is 0.250 e. The highest BCUT2D eigenvalue weighted by Gasteiger charge is 2.39. The highest BCUT2D eigenvalue weighted by molar-refractivity contribution is 4.93. The van der Waals surface area contributed by atoms with Crippen LogP contribution in [0.3, 0.4) is 0 Å². The van der Waals surface area contributed by atoms with Crippen molar-refractivity contribution in [3.05, 3.63) is 0 Å². The molecule has 3 nitrogen and oxygen atoms in total. The normalized spacial score (nSPS) is 31.5. The van der Waals surface area contributed by atoms with Gasteiger partial charge >= 0.3 is 0 Å². The Morgan fingerprint density at radius 1 is 1.25 bits per heavy atom. The molecule has 2 N–H and O–H groups in total.